The van der Waals surface area contributed by atoms with Crippen LogP contribution in [0, 0.1) is 22.7 Å². The minimum atomic E-state index is 0.590. The van der Waals surface area contributed by atoms with Crippen molar-refractivity contribution in [1.29, 1.82) is 10.5 Å². The summed E-state index contributed by atoms with van der Waals surface area (Å²) in [5.74, 6) is 0. The Hall–Kier alpha value is -7.86. The highest BCUT2D eigenvalue weighted by molar-refractivity contribution is 6.19. The summed E-state index contributed by atoms with van der Waals surface area (Å²) in [6, 6.07) is 66.2. The van der Waals surface area contributed by atoms with Gasteiger partial charge in [-0.3, -0.25) is 0 Å². The molecule has 0 unspecified atom stereocenters. The zero-order chi connectivity index (χ0) is 36.6. The van der Waals surface area contributed by atoms with Gasteiger partial charge in [0.2, 0.25) is 0 Å². The smallest absolute Gasteiger partial charge is 0.0991 e. The summed E-state index contributed by atoms with van der Waals surface area (Å²) < 4.78 is 7.01. The SMILES string of the molecule is N#Cc1ccc2c(c1)c1cc(C#N)ccc1n2-c1cccc(-c2cccc(-n3c4ccccc4c4cc5c(cc43)c3ccccc3n5-c3ccccc3)c2)c1. The van der Waals surface area contributed by atoms with E-state index >= 15 is 0 Å². The molecule has 0 atom stereocenters. The molecule has 0 fully saturated rings. The van der Waals surface area contributed by atoms with Crippen LogP contribution in [0.15, 0.2) is 176 Å². The normalized spacial score (nSPS) is 11.6. The number of nitrogens with zero attached hydrogens (tertiary/aromatic N) is 5. The molecule has 0 saturated heterocycles. The topological polar surface area (TPSA) is 62.4 Å². The summed E-state index contributed by atoms with van der Waals surface area (Å²) in [6.07, 6.45) is 0. The molecular weight excluding hydrogens is 671 g/mol. The van der Waals surface area contributed by atoms with Gasteiger partial charge in [0.05, 0.1) is 56.4 Å². The van der Waals surface area contributed by atoms with E-state index in [9.17, 15) is 10.5 Å². The molecule has 0 spiro atoms. The number of hydrogen-bond acceptors (Lipinski definition) is 2. The lowest BCUT2D eigenvalue weighted by atomic mass is 10.0. The zero-order valence-corrected chi connectivity index (χ0v) is 29.5. The van der Waals surface area contributed by atoms with Crippen LogP contribution in [0.1, 0.15) is 11.1 Å². The van der Waals surface area contributed by atoms with Crippen LogP contribution in [0.25, 0.3) is 93.6 Å². The van der Waals surface area contributed by atoms with Gasteiger partial charge in [0.15, 0.2) is 0 Å². The third-order valence-electron chi connectivity index (χ3n) is 11.0. The van der Waals surface area contributed by atoms with Crippen LogP contribution in [0.2, 0.25) is 0 Å². The molecule has 254 valence electrons. The monoisotopic (exact) mass is 699 g/mol. The third kappa shape index (κ3) is 4.58. The molecule has 0 bridgehead atoms. The Labute approximate surface area is 316 Å². The molecule has 0 aliphatic carbocycles. The number of benzene rings is 8. The highest BCUT2D eigenvalue weighted by atomic mass is 15.0. The lowest BCUT2D eigenvalue weighted by Gasteiger charge is -2.13. The van der Waals surface area contributed by atoms with Crippen LogP contribution in [0.3, 0.4) is 0 Å². The fourth-order valence-corrected chi connectivity index (χ4v) is 8.65. The van der Waals surface area contributed by atoms with Gasteiger partial charge in [-0.1, -0.05) is 78.9 Å². The van der Waals surface area contributed by atoms with E-state index in [0.29, 0.717) is 11.1 Å². The zero-order valence-electron chi connectivity index (χ0n) is 29.5. The summed E-state index contributed by atoms with van der Waals surface area (Å²) in [5.41, 5.74) is 13.3. The van der Waals surface area contributed by atoms with Crippen LogP contribution in [0.5, 0.6) is 0 Å². The third-order valence-corrected chi connectivity index (χ3v) is 11.0. The van der Waals surface area contributed by atoms with E-state index in [1.807, 2.05) is 36.4 Å². The molecule has 3 heterocycles. The van der Waals surface area contributed by atoms with Crippen molar-refractivity contribution in [2.75, 3.05) is 0 Å². The Morgan fingerprint density at radius 2 is 0.691 bits per heavy atom. The summed E-state index contributed by atoms with van der Waals surface area (Å²) in [7, 11) is 0. The van der Waals surface area contributed by atoms with Crippen LogP contribution < -0.4 is 0 Å². The first-order valence-electron chi connectivity index (χ1n) is 18.3. The number of aromatic nitrogens is 3. The molecule has 0 N–H and O–H groups in total. The van der Waals surface area contributed by atoms with Crippen molar-refractivity contribution in [2.24, 2.45) is 0 Å². The summed E-state index contributed by atoms with van der Waals surface area (Å²) in [4.78, 5) is 0. The van der Waals surface area contributed by atoms with Gasteiger partial charge in [0.1, 0.15) is 0 Å². The molecule has 55 heavy (non-hydrogen) atoms. The average Bonchev–Trinajstić information content (AvgIpc) is 3.87. The van der Waals surface area contributed by atoms with Crippen LogP contribution in [-0.2, 0) is 0 Å². The highest BCUT2D eigenvalue weighted by Crippen LogP contribution is 2.40. The molecule has 0 radical (unpaired) electrons. The van der Waals surface area contributed by atoms with Crippen molar-refractivity contribution in [3.8, 4) is 40.3 Å². The Morgan fingerprint density at radius 3 is 1.20 bits per heavy atom. The van der Waals surface area contributed by atoms with Crippen molar-refractivity contribution in [1.82, 2.24) is 13.7 Å². The highest BCUT2D eigenvalue weighted by Gasteiger charge is 2.19. The van der Waals surface area contributed by atoms with Crippen LogP contribution in [-0.4, -0.2) is 13.7 Å². The van der Waals surface area contributed by atoms with E-state index < -0.39 is 0 Å². The second kappa shape index (κ2) is 11.8. The standard InChI is InChI=1S/C50H29N5/c51-30-32-20-22-47-41(24-32)42-25-33(31-52)21-23-48(42)54(47)37-14-8-10-34(26-37)35-11-9-15-38(27-35)55-46-19-7-5-17-40(46)44-28-49-43(29-50(44)55)39-16-4-6-18-45(39)53(49)36-12-2-1-3-13-36/h1-29H. The molecular formula is C50H29N5. The molecule has 0 amide bonds. The molecule has 5 nitrogen and oxygen atoms in total. The predicted molar refractivity (Wildman–Crippen MR) is 224 cm³/mol. The Bertz CT molecular complexity index is 3380. The molecule has 5 heteroatoms. The fourth-order valence-electron chi connectivity index (χ4n) is 8.65. The minimum absolute atomic E-state index is 0.590. The first-order valence-corrected chi connectivity index (χ1v) is 18.3. The van der Waals surface area contributed by atoms with Crippen LogP contribution in [0.4, 0.5) is 0 Å². The molecule has 11 aromatic rings. The molecule has 0 saturated carbocycles. The quantitative estimate of drug-likeness (QED) is 0.184. The largest absolute Gasteiger partial charge is 0.309 e. The first kappa shape index (κ1) is 30.7. The second-order valence-electron chi connectivity index (χ2n) is 14.1. The maximum Gasteiger partial charge on any atom is 0.0991 e. The maximum absolute atomic E-state index is 9.68. The molecule has 11 rings (SSSR count). The van der Waals surface area contributed by atoms with E-state index in [1.54, 1.807) is 0 Å². The number of hydrogen-bond donors (Lipinski definition) is 0. The lowest BCUT2D eigenvalue weighted by Crippen LogP contribution is -1.96. The van der Waals surface area contributed by atoms with Gasteiger partial charge in [0.25, 0.3) is 0 Å². The number of fused-ring (bicyclic) bond motifs is 9. The minimum Gasteiger partial charge on any atom is -0.309 e. The number of rotatable bonds is 4. The van der Waals surface area contributed by atoms with E-state index in [2.05, 4.69) is 165 Å². The van der Waals surface area contributed by atoms with Gasteiger partial charge in [-0.15, -0.1) is 0 Å². The Balaban J connectivity index is 1.11. The maximum atomic E-state index is 9.68. The van der Waals surface area contributed by atoms with E-state index in [-0.39, 0.29) is 0 Å². The Kier molecular flexibility index (Phi) is 6.61. The van der Waals surface area contributed by atoms with E-state index in [0.717, 1.165) is 61.0 Å². The Morgan fingerprint density at radius 1 is 0.291 bits per heavy atom. The van der Waals surface area contributed by atoms with Gasteiger partial charge in [-0.25, -0.2) is 0 Å². The molecule has 0 aliphatic heterocycles. The summed E-state index contributed by atoms with van der Waals surface area (Å²) in [5, 5.41) is 26.1. The van der Waals surface area contributed by atoms with Crippen molar-refractivity contribution in [3.63, 3.8) is 0 Å². The van der Waals surface area contributed by atoms with Crippen LogP contribution >= 0.6 is 0 Å². The van der Waals surface area contributed by atoms with Gasteiger partial charge >= 0.3 is 0 Å². The van der Waals surface area contributed by atoms with Crippen molar-refractivity contribution in [2.45, 2.75) is 0 Å². The van der Waals surface area contributed by atoms with Crippen molar-refractivity contribution < 1.29 is 0 Å². The van der Waals surface area contributed by atoms with Gasteiger partial charge in [-0.2, -0.15) is 10.5 Å². The van der Waals surface area contributed by atoms with Gasteiger partial charge < -0.3 is 13.7 Å². The summed E-state index contributed by atoms with van der Waals surface area (Å²) >= 11 is 0. The number of nitriles is 2. The van der Waals surface area contributed by atoms with Gasteiger partial charge in [-0.05, 0) is 108 Å². The fraction of sp³-hybridized carbons (Fsp3) is 0. The van der Waals surface area contributed by atoms with E-state index in [4.69, 9.17) is 0 Å². The molecule has 3 aromatic heterocycles. The second-order valence-corrected chi connectivity index (χ2v) is 14.1. The number of para-hydroxylation sites is 3. The summed E-state index contributed by atoms with van der Waals surface area (Å²) in [6.45, 7) is 0. The average molecular weight is 700 g/mol. The van der Waals surface area contributed by atoms with Crippen molar-refractivity contribution in [3.05, 3.63) is 187 Å². The lowest BCUT2D eigenvalue weighted by molar-refractivity contribution is 1.17. The first-order chi connectivity index (χ1) is 27.2. The van der Waals surface area contributed by atoms with Gasteiger partial charge in [0, 0.05) is 49.4 Å². The predicted octanol–water partition coefficient (Wildman–Crippen LogP) is 12.4. The molecule has 0 aliphatic rings. The van der Waals surface area contributed by atoms with Crippen molar-refractivity contribution >= 4 is 65.4 Å². The molecule has 8 aromatic carbocycles. The van der Waals surface area contributed by atoms with E-state index in [1.165, 1.54) is 32.6 Å².